The standard InChI is InChI=1S/C24H26N4O4/c1-14(2)22(26-23(29)16-9-10-20-21(11-16)32-13-31-20)24(30)27-25-12-18-15(3)28(4)19-8-6-5-7-17(18)19/h5-12,14,22H,13H2,1-4H3,(H,26,29)(H,27,30)/b25-12-/t22-/m0/s1. The Morgan fingerprint density at radius 1 is 1.12 bits per heavy atom. The molecule has 2 aromatic carbocycles. The molecule has 4 rings (SSSR count). The highest BCUT2D eigenvalue weighted by Gasteiger charge is 2.25. The van der Waals surface area contributed by atoms with Crippen molar-refractivity contribution < 1.29 is 19.1 Å². The number of hydrogen-bond donors (Lipinski definition) is 2. The molecule has 0 aliphatic carbocycles. The van der Waals surface area contributed by atoms with Crippen molar-refractivity contribution in [3.05, 3.63) is 59.3 Å². The first-order chi connectivity index (χ1) is 15.4. The van der Waals surface area contributed by atoms with Gasteiger partial charge in [0.15, 0.2) is 11.5 Å². The summed E-state index contributed by atoms with van der Waals surface area (Å²) in [7, 11) is 1.99. The smallest absolute Gasteiger partial charge is 0.262 e. The molecule has 0 fully saturated rings. The van der Waals surface area contributed by atoms with Crippen LogP contribution in [-0.4, -0.2) is 35.4 Å². The van der Waals surface area contributed by atoms with Crippen LogP contribution in [0.2, 0.25) is 0 Å². The summed E-state index contributed by atoms with van der Waals surface area (Å²) in [5.41, 5.74) is 6.04. The summed E-state index contributed by atoms with van der Waals surface area (Å²) in [4.78, 5) is 25.5. The Kier molecular flexibility index (Phi) is 5.85. The number of nitrogens with zero attached hydrogens (tertiary/aromatic N) is 2. The van der Waals surface area contributed by atoms with E-state index in [9.17, 15) is 9.59 Å². The number of amides is 2. The lowest BCUT2D eigenvalue weighted by Crippen LogP contribution is -2.48. The lowest BCUT2D eigenvalue weighted by atomic mass is 10.0. The molecule has 2 amide bonds. The van der Waals surface area contributed by atoms with E-state index in [1.165, 1.54) is 0 Å². The average molecular weight is 434 g/mol. The molecule has 32 heavy (non-hydrogen) atoms. The van der Waals surface area contributed by atoms with Gasteiger partial charge in [-0.05, 0) is 37.1 Å². The van der Waals surface area contributed by atoms with Gasteiger partial charge in [-0.2, -0.15) is 5.10 Å². The Morgan fingerprint density at radius 2 is 1.88 bits per heavy atom. The van der Waals surface area contributed by atoms with E-state index >= 15 is 0 Å². The number of fused-ring (bicyclic) bond motifs is 2. The third kappa shape index (κ3) is 4.03. The summed E-state index contributed by atoms with van der Waals surface area (Å²) in [6.07, 6.45) is 1.65. The molecule has 8 heteroatoms. The summed E-state index contributed by atoms with van der Waals surface area (Å²) in [6.45, 7) is 5.86. The van der Waals surface area contributed by atoms with Gasteiger partial charge in [0.2, 0.25) is 6.79 Å². The van der Waals surface area contributed by atoms with Crippen LogP contribution < -0.4 is 20.2 Å². The second-order valence-electron chi connectivity index (χ2n) is 8.07. The molecule has 1 atom stereocenters. The second kappa shape index (κ2) is 8.74. The van der Waals surface area contributed by atoms with E-state index in [-0.39, 0.29) is 24.5 Å². The van der Waals surface area contributed by atoms with E-state index in [1.54, 1.807) is 24.4 Å². The molecular formula is C24H26N4O4. The van der Waals surface area contributed by atoms with Crippen molar-refractivity contribution >= 4 is 28.9 Å². The van der Waals surface area contributed by atoms with E-state index in [0.717, 1.165) is 22.2 Å². The van der Waals surface area contributed by atoms with E-state index in [4.69, 9.17) is 9.47 Å². The second-order valence-corrected chi connectivity index (χ2v) is 8.07. The summed E-state index contributed by atoms with van der Waals surface area (Å²) >= 11 is 0. The van der Waals surface area contributed by atoms with Gasteiger partial charge in [-0.1, -0.05) is 32.0 Å². The molecule has 2 heterocycles. The van der Waals surface area contributed by atoms with Gasteiger partial charge in [-0.25, -0.2) is 5.43 Å². The number of carbonyl (C=O) groups is 2. The van der Waals surface area contributed by atoms with Gasteiger partial charge in [-0.3, -0.25) is 9.59 Å². The zero-order valence-corrected chi connectivity index (χ0v) is 18.5. The van der Waals surface area contributed by atoms with Crippen LogP contribution in [0.5, 0.6) is 11.5 Å². The van der Waals surface area contributed by atoms with Crippen LogP contribution in [0.4, 0.5) is 0 Å². The molecule has 1 aliphatic rings. The van der Waals surface area contributed by atoms with Crippen molar-refractivity contribution in [1.82, 2.24) is 15.3 Å². The van der Waals surface area contributed by atoms with E-state index < -0.39 is 6.04 Å². The zero-order valence-electron chi connectivity index (χ0n) is 18.5. The fourth-order valence-corrected chi connectivity index (χ4v) is 3.74. The molecule has 0 saturated heterocycles. The fraction of sp³-hybridized carbons (Fsp3) is 0.292. The lowest BCUT2D eigenvalue weighted by molar-refractivity contribution is -0.123. The lowest BCUT2D eigenvalue weighted by Gasteiger charge is -2.20. The van der Waals surface area contributed by atoms with Crippen molar-refractivity contribution in [2.45, 2.75) is 26.8 Å². The molecule has 2 N–H and O–H groups in total. The number of carbonyl (C=O) groups excluding carboxylic acids is 2. The maximum atomic E-state index is 12.8. The van der Waals surface area contributed by atoms with Gasteiger partial charge in [0.1, 0.15) is 6.04 Å². The SMILES string of the molecule is Cc1c(/C=N\NC(=O)[C@@H](NC(=O)c2ccc3c(c2)OCO3)C(C)C)c2ccccc2n1C. The van der Waals surface area contributed by atoms with E-state index in [1.807, 2.05) is 52.1 Å². The van der Waals surface area contributed by atoms with Crippen LogP contribution in [0.1, 0.15) is 35.5 Å². The first-order valence-corrected chi connectivity index (χ1v) is 10.4. The summed E-state index contributed by atoms with van der Waals surface area (Å²) in [5, 5.41) is 8.02. The number of aryl methyl sites for hydroxylation is 1. The number of hydrogen-bond acceptors (Lipinski definition) is 5. The molecule has 8 nitrogen and oxygen atoms in total. The number of benzene rings is 2. The Morgan fingerprint density at radius 3 is 2.66 bits per heavy atom. The Hall–Kier alpha value is -3.81. The third-order valence-corrected chi connectivity index (χ3v) is 5.69. The molecule has 0 unspecified atom stereocenters. The minimum Gasteiger partial charge on any atom is -0.454 e. The summed E-state index contributed by atoms with van der Waals surface area (Å²) in [6, 6.07) is 12.2. The van der Waals surface area contributed by atoms with Crippen LogP contribution in [0.3, 0.4) is 0 Å². The first kappa shape index (κ1) is 21.4. The molecule has 1 aromatic heterocycles. The van der Waals surface area contributed by atoms with Crippen molar-refractivity contribution in [3.63, 3.8) is 0 Å². The maximum Gasteiger partial charge on any atom is 0.262 e. The molecule has 0 spiro atoms. The van der Waals surface area contributed by atoms with E-state index in [0.29, 0.717) is 17.1 Å². The molecule has 3 aromatic rings. The van der Waals surface area contributed by atoms with Crippen molar-refractivity contribution in [2.75, 3.05) is 6.79 Å². The van der Waals surface area contributed by atoms with Gasteiger partial charge in [0.25, 0.3) is 11.8 Å². The minimum atomic E-state index is -0.751. The number of ether oxygens (including phenoxy) is 2. The Bertz CT molecular complexity index is 1210. The predicted octanol–water partition coefficient (Wildman–Crippen LogP) is 3.12. The number of para-hydroxylation sites is 1. The highest BCUT2D eigenvalue weighted by molar-refractivity contribution is 6.02. The Balaban J connectivity index is 1.46. The molecule has 1 aliphatic heterocycles. The van der Waals surface area contributed by atoms with Crippen LogP contribution in [0.25, 0.3) is 10.9 Å². The van der Waals surface area contributed by atoms with Gasteiger partial charge in [0, 0.05) is 34.8 Å². The molecular weight excluding hydrogens is 408 g/mol. The van der Waals surface area contributed by atoms with Crippen molar-refractivity contribution in [1.29, 1.82) is 0 Å². The molecule has 0 bridgehead atoms. The quantitative estimate of drug-likeness (QED) is 0.460. The number of nitrogens with one attached hydrogen (secondary N) is 2. The molecule has 0 radical (unpaired) electrons. The number of aromatic nitrogens is 1. The van der Waals surface area contributed by atoms with Crippen LogP contribution >= 0.6 is 0 Å². The largest absolute Gasteiger partial charge is 0.454 e. The number of hydrazone groups is 1. The first-order valence-electron chi connectivity index (χ1n) is 10.4. The van der Waals surface area contributed by atoms with Crippen LogP contribution in [0, 0.1) is 12.8 Å². The van der Waals surface area contributed by atoms with Crippen molar-refractivity contribution in [3.8, 4) is 11.5 Å². The molecule has 166 valence electrons. The fourth-order valence-electron chi connectivity index (χ4n) is 3.74. The van der Waals surface area contributed by atoms with Gasteiger partial charge >= 0.3 is 0 Å². The zero-order chi connectivity index (χ0) is 22.8. The van der Waals surface area contributed by atoms with Crippen molar-refractivity contribution in [2.24, 2.45) is 18.1 Å². The minimum absolute atomic E-state index is 0.131. The van der Waals surface area contributed by atoms with Gasteiger partial charge < -0.3 is 19.4 Å². The van der Waals surface area contributed by atoms with Gasteiger partial charge in [-0.15, -0.1) is 0 Å². The average Bonchev–Trinajstić information content (AvgIpc) is 3.35. The molecule has 0 saturated carbocycles. The predicted molar refractivity (Wildman–Crippen MR) is 122 cm³/mol. The van der Waals surface area contributed by atoms with Crippen LogP contribution in [0.15, 0.2) is 47.6 Å². The topological polar surface area (TPSA) is 94.0 Å². The normalized spacial score (nSPS) is 13.7. The number of rotatable bonds is 6. The monoisotopic (exact) mass is 434 g/mol. The summed E-state index contributed by atoms with van der Waals surface area (Å²) < 4.78 is 12.7. The third-order valence-electron chi connectivity index (χ3n) is 5.69. The van der Waals surface area contributed by atoms with Crippen LogP contribution in [-0.2, 0) is 11.8 Å². The highest BCUT2D eigenvalue weighted by atomic mass is 16.7. The van der Waals surface area contributed by atoms with Gasteiger partial charge in [0.05, 0.1) is 6.21 Å². The summed E-state index contributed by atoms with van der Waals surface area (Å²) in [5.74, 6) is 0.215. The Labute approximate surface area is 186 Å². The maximum absolute atomic E-state index is 12.8. The van der Waals surface area contributed by atoms with E-state index in [2.05, 4.69) is 20.4 Å². The highest BCUT2D eigenvalue weighted by Crippen LogP contribution is 2.32.